The molecule has 11 nitrogen and oxygen atoms in total. The quantitative estimate of drug-likeness (QED) is 0.319. The lowest BCUT2D eigenvalue weighted by molar-refractivity contribution is -0.155. The number of aliphatic carboxylic acids is 2. The molecule has 180 valence electrons. The molecule has 0 aromatic heterocycles. The molecule has 1 fully saturated rings. The summed E-state index contributed by atoms with van der Waals surface area (Å²) in [6.45, 7) is 11.6. The molecule has 0 aromatic rings. The maximum absolute atomic E-state index is 12.7. The van der Waals surface area contributed by atoms with Crippen LogP contribution in [0.25, 0.3) is 0 Å². The van der Waals surface area contributed by atoms with E-state index in [0.29, 0.717) is 0 Å². The molecule has 5 N–H and O–H groups in total. The number of nitrogens with zero attached hydrogens (tertiary/aromatic N) is 1. The third-order valence-corrected chi connectivity index (χ3v) is 5.42. The van der Waals surface area contributed by atoms with Crippen LogP contribution in [0.5, 0.6) is 0 Å². The van der Waals surface area contributed by atoms with Crippen molar-refractivity contribution >= 4 is 18.0 Å². The van der Waals surface area contributed by atoms with Gasteiger partial charge in [-0.15, -0.1) is 0 Å². The minimum atomic E-state index is -1.72. The van der Waals surface area contributed by atoms with Gasteiger partial charge in [0.25, 0.3) is 0 Å². The number of carboxylic acids is 2. The van der Waals surface area contributed by atoms with Crippen molar-refractivity contribution in [1.82, 2.24) is 15.5 Å². The fraction of sp³-hybridized carbons (Fsp3) is 0.850. The van der Waals surface area contributed by atoms with E-state index in [1.54, 1.807) is 34.6 Å². The van der Waals surface area contributed by atoms with Crippen LogP contribution in [-0.4, -0.2) is 93.5 Å². The molecule has 0 radical (unpaired) electrons. The molecular weight excluding hydrogens is 410 g/mol. The topological polar surface area (TPSA) is 158 Å². The number of carbonyl (C=O) groups excluding carboxylic acids is 1. The SMILES string of the molecule is CC(C(=O)O)[C@](C)(NC[C@H](CO)NC[C@@H]1COC(C)(C)N1C(=O)OC(C)(C)C)C(=O)O. The molecule has 1 unspecified atom stereocenters. The van der Waals surface area contributed by atoms with Crippen molar-refractivity contribution in [3.63, 3.8) is 0 Å². The minimum Gasteiger partial charge on any atom is -0.481 e. The maximum atomic E-state index is 12.7. The number of aliphatic hydroxyl groups is 1. The number of carbonyl (C=O) groups is 3. The highest BCUT2D eigenvalue weighted by Crippen LogP contribution is 2.29. The summed E-state index contributed by atoms with van der Waals surface area (Å²) in [7, 11) is 0. The molecule has 1 saturated heterocycles. The monoisotopic (exact) mass is 447 g/mol. The van der Waals surface area contributed by atoms with E-state index in [-0.39, 0.29) is 32.3 Å². The van der Waals surface area contributed by atoms with E-state index in [1.165, 1.54) is 18.7 Å². The zero-order valence-electron chi connectivity index (χ0n) is 19.4. The van der Waals surface area contributed by atoms with E-state index in [2.05, 4.69) is 10.6 Å². The number of carboxylic acid groups (broad SMARTS) is 2. The molecule has 1 heterocycles. The average Bonchev–Trinajstić information content (AvgIpc) is 2.93. The Labute approximate surface area is 183 Å². The Kier molecular flexibility index (Phi) is 8.84. The number of amides is 1. The first kappa shape index (κ1) is 27.1. The van der Waals surface area contributed by atoms with Gasteiger partial charge in [0.15, 0.2) is 0 Å². The summed E-state index contributed by atoms with van der Waals surface area (Å²) >= 11 is 0. The maximum Gasteiger partial charge on any atom is 0.412 e. The predicted molar refractivity (Wildman–Crippen MR) is 112 cm³/mol. The van der Waals surface area contributed by atoms with Crippen molar-refractivity contribution < 1.29 is 39.2 Å². The van der Waals surface area contributed by atoms with E-state index in [0.717, 1.165) is 0 Å². The van der Waals surface area contributed by atoms with Gasteiger partial charge in [-0.05, 0) is 48.5 Å². The molecule has 1 rings (SSSR count). The third-order valence-electron chi connectivity index (χ3n) is 5.42. The Morgan fingerprint density at radius 2 is 1.81 bits per heavy atom. The summed E-state index contributed by atoms with van der Waals surface area (Å²) in [4.78, 5) is 37.1. The van der Waals surface area contributed by atoms with Crippen LogP contribution in [0.2, 0.25) is 0 Å². The van der Waals surface area contributed by atoms with E-state index < -0.39 is 46.9 Å². The number of hydrogen-bond acceptors (Lipinski definition) is 8. The molecule has 1 aliphatic heterocycles. The second kappa shape index (κ2) is 10.1. The van der Waals surface area contributed by atoms with Gasteiger partial charge in [-0.2, -0.15) is 0 Å². The lowest BCUT2D eigenvalue weighted by Crippen LogP contribution is -2.60. The van der Waals surface area contributed by atoms with Crippen LogP contribution in [0.15, 0.2) is 0 Å². The summed E-state index contributed by atoms with van der Waals surface area (Å²) in [5, 5.41) is 34.3. The van der Waals surface area contributed by atoms with Crippen molar-refractivity contribution in [2.24, 2.45) is 5.92 Å². The van der Waals surface area contributed by atoms with Crippen LogP contribution in [0.3, 0.4) is 0 Å². The smallest absolute Gasteiger partial charge is 0.412 e. The van der Waals surface area contributed by atoms with Gasteiger partial charge in [0.1, 0.15) is 16.9 Å². The van der Waals surface area contributed by atoms with Crippen molar-refractivity contribution in [2.75, 3.05) is 26.3 Å². The van der Waals surface area contributed by atoms with Gasteiger partial charge in [-0.25, -0.2) is 4.79 Å². The molecule has 0 saturated carbocycles. The van der Waals surface area contributed by atoms with Crippen LogP contribution in [-0.2, 0) is 19.1 Å². The van der Waals surface area contributed by atoms with E-state index >= 15 is 0 Å². The highest BCUT2D eigenvalue weighted by atomic mass is 16.6. The summed E-state index contributed by atoms with van der Waals surface area (Å²) in [6, 6.07) is -0.952. The van der Waals surface area contributed by atoms with Gasteiger partial charge in [0, 0.05) is 19.1 Å². The molecule has 11 heteroatoms. The summed E-state index contributed by atoms with van der Waals surface area (Å²) in [5.41, 5.74) is -3.27. The minimum absolute atomic E-state index is 0.000325. The van der Waals surface area contributed by atoms with Gasteiger partial charge in [0.05, 0.1) is 25.2 Å². The normalized spacial score (nSPS) is 22.5. The molecular formula is C20H37N3O8. The van der Waals surface area contributed by atoms with Crippen LogP contribution in [0.4, 0.5) is 4.79 Å². The summed E-state index contributed by atoms with van der Waals surface area (Å²) in [5.74, 6) is -3.75. The molecule has 0 aromatic carbocycles. The van der Waals surface area contributed by atoms with Crippen molar-refractivity contribution in [3.05, 3.63) is 0 Å². The number of aliphatic hydroxyl groups excluding tert-OH is 1. The van der Waals surface area contributed by atoms with Crippen molar-refractivity contribution in [2.45, 2.75) is 77.4 Å². The highest BCUT2D eigenvalue weighted by molar-refractivity contribution is 5.86. The largest absolute Gasteiger partial charge is 0.481 e. The van der Waals surface area contributed by atoms with Crippen LogP contribution in [0.1, 0.15) is 48.5 Å². The van der Waals surface area contributed by atoms with E-state index in [1.807, 2.05) is 0 Å². The van der Waals surface area contributed by atoms with Gasteiger partial charge < -0.3 is 30.1 Å². The van der Waals surface area contributed by atoms with Crippen LogP contribution in [0, 0.1) is 5.92 Å². The molecule has 0 aliphatic carbocycles. The fourth-order valence-corrected chi connectivity index (χ4v) is 3.21. The molecule has 0 bridgehead atoms. The number of nitrogens with one attached hydrogen (secondary N) is 2. The van der Waals surface area contributed by atoms with Gasteiger partial charge in [0.2, 0.25) is 0 Å². The summed E-state index contributed by atoms with van der Waals surface area (Å²) < 4.78 is 11.2. The van der Waals surface area contributed by atoms with Crippen molar-refractivity contribution in [3.8, 4) is 0 Å². The van der Waals surface area contributed by atoms with Gasteiger partial charge in [-0.3, -0.25) is 19.8 Å². The van der Waals surface area contributed by atoms with Crippen LogP contribution >= 0.6 is 0 Å². The fourth-order valence-electron chi connectivity index (χ4n) is 3.21. The Morgan fingerprint density at radius 1 is 1.23 bits per heavy atom. The summed E-state index contributed by atoms with van der Waals surface area (Å²) in [6.07, 6.45) is -0.519. The zero-order valence-corrected chi connectivity index (χ0v) is 19.4. The molecule has 0 spiro atoms. The van der Waals surface area contributed by atoms with E-state index in [9.17, 15) is 29.7 Å². The highest BCUT2D eigenvalue weighted by Gasteiger charge is 2.46. The lowest BCUT2D eigenvalue weighted by Gasteiger charge is -2.36. The lowest BCUT2D eigenvalue weighted by atomic mass is 9.86. The first-order chi connectivity index (χ1) is 14.0. The second-order valence-electron chi connectivity index (χ2n) is 9.50. The van der Waals surface area contributed by atoms with Gasteiger partial charge in [-0.1, -0.05) is 0 Å². The zero-order chi connectivity index (χ0) is 24.2. The molecule has 1 amide bonds. The Balaban J connectivity index is 2.80. The first-order valence-corrected chi connectivity index (χ1v) is 10.3. The molecule has 4 atom stereocenters. The Morgan fingerprint density at radius 3 is 2.26 bits per heavy atom. The number of rotatable bonds is 10. The Bertz CT molecular complexity index is 663. The second-order valence-corrected chi connectivity index (χ2v) is 9.50. The first-order valence-electron chi connectivity index (χ1n) is 10.3. The number of ether oxygens (including phenoxy) is 2. The van der Waals surface area contributed by atoms with Crippen molar-refractivity contribution in [1.29, 1.82) is 0 Å². The molecule has 1 aliphatic rings. The third kappa shape index (κ3) is 7.03. The van der Waals surface area contributed by atoms with Gasteiger partial charge >= 0.3 is 18.0 Å². The Hall–Kier alpha value is -1.95. The van der Waals surface area contributed by atoms with E-state index in [4.69, 9.17) is 9.47 Å². The number of hydrogen-bond donors (Lipinski definition) is 5. The standard InChI is InChI=1S/C20H37N3O8/c1-12(15(25)26)20(7,16(27)28)22-8-13(10-24)21-9-14-11-30-19(5,6)23(14)17(29)31-18(2,3)4/h12-14,21-22,24H,8-11H2,1-7H3,(H,25,26)(H,27,28)/t12?,13-,14-,20+/m1/s1. The molecule has 31 heavy (non-hydrogen) atoms. The predicted octanol–water partition coefficient (Wildman–Crippen LogP) is 0.463. The average molecular weight is 448 g/mol. The van der Waals surface area contributed by atoms with Crippen LogP contribution < -0.4 is 10.6 Å².